The molecule has 0 aromatic carbocycles. The molecule has 12 heavy (non-hydrogen) atoms. The zero-order chi connectivity index (χ0) is 9.30. The highest BCUT2D eigenvalue weighted by Crippen LogP contribution is 2.44. The molecule has 2 unspecified atom stereocenters. The average molecular weight is 203 g/mol. The zero-order valence-corrected chi connectivity index (χ0v) is 10.1. The Balaban J connectivity index is 2.56. The van der Waals surface area contributed by atoms with Crippen molar-refractivity contribution in [2.75, 3.05) is 26.4 Å². The van der Waals surface area contributed by atoms with Gasteiger partial charge in [-0.3, -0.25) is 0 Å². The fourth-order valence-electron chi connectivity index (χ4n) is 1.83. The summed E-state index contributed by atoms with van der Waals surface area (Å²) in [5, 5.41) is 0. The van der Waals surface area contributed by atoms with Crippen LogP contribution < -0.4 is 0 Å². The summed E-state index contributed by atoms with van der Waals surface area (Å²) in [5.74, 6) is 0.900. The Morgan fingerprint density at radius 2 is 1.67 bits per heavy atom. The topological polar surface area (TPSA) is 3.24 Å². The van der Waals surface area contributed by atoms with Gasteiger partial charge in [-0.2, -0.15) is 0 Å². The van der Waals surface area contributed by atoms with Crippen molar-refractivity contribution in [3.8, 4) is 0 Å². The fourth-order valence-corrected chi connectivity index (χ4v) is 6.01. The van der Waals surface area contributed by atoms with E-state index in [-0.39, 0.29) is 15.1 Å². The van der Waals surface area contributed by atoms with Gasteiger partial charge in [0.1, 0.15) is 13.3 Å². The number of likely N-dealkylation sites (tertiary alicyclic amines) is 1. The molecule has 1 saturated heterocycles. The first-order valence-electron chi connectivity index (χ1n) is 4.33. The van der Waals surface area contributed by atoms with Crippen LogP contribution in [0.15, 0.2) is 0 Å². The Labute approximate surface area is 77.9 Å². The summed E-state index contributed by atoms with van der Waals surface area (Å²) in [7, 11) is -0.148. The van der Waals surface area contributed by atoms with Crippen LogP contribution in [-0.2, 0) is 0 Å². The third-order valence-corrected chi connectivity index (χ3v) is 6.80. The van der Waals surface area contributed by atoms with Crippen LogP contribution in [0.1, 0.15) is 6.92 Å². The third kappa shape index (κ3) is 2.16. The molecule has 0 spiro atoms. The molecule has 0 saturated carbocycles. The first-order valence-corrected chi connectivity index (χ1v) is 8.41. The average Bonchev–Trinajstić information content (AvgIpc) is 1.82. The molecule has 1 aliphatic heterocycles. The van der Waals surface area contributed by atoms with Crippen molar-refractivity contribution in [1.29, 1.82) is 0 Å². The molecular formula is C9H19NP2+2. The van der Waals surface area contributed by atoms with Crippen LogP contribution in [0.4, 0.5) is 0 Å². The van der Waals surface area contributed by atoms with Crippen LogP contribution in [0.25, 0.3) is 0 Å². The van der Waals surface area contributed by atoms with Crippen molar-refractivity contribution in [3.63, 3.8) is 0 Å². The van der Waals surface area contributed by atoms with Gasteiger partial charge in [0, 0.05) is 13.1 Å². The van der Waals surface area contributed by atoms with Gasteiger partial charge in [0.15, 0.2) is 15.1 Å². The minimum Gasteiger partial charge on any atom is -0.224 e. The van der Waals surface area contributed by atoms with Gasteiger partial charge in [-0.25, -0.2) is 4.90 Å². The molecule has 0 aromatic rings. The molecule has 0 N–H and O–H groups in total. The second-order valence-electron chi connectivity index (χ2n) is 3.92. The minimum absolute atomic E-state index is 0.0742. The van der Waals surface area contributed by atoms with E-state index in [0.29, 0.717) is 5.52 Å². The van der Waals surface area contributed by atoms with E-state index < -0.39 is 0 Å². The first-order chi connectivity index (χ1) is 5.52. The maximum atomic E-state index is 4.19. The molecule has 1 aliphatic rings. The lowest BCUT2D eigenvalue weighted by Crippen LogP contribution is -2.48. The van der Waals surface area contributed by atoms with Crippen molar-refractivity contribution in [1.82, 2.24) is 4.90 Å². The fraction of sp³-hybridized carbons (Fsp3) is 0.778. The number of hydrogen-bond acceptors (Lipinski definition) is 1. The lowest BCUT2D eigenvalue weighted by atomic mass is 10.1. The summed E-state index contributed by atoms with van der Waals surface area (Å²) < 4.78 is 0. The number of hydrogen-bond donors (Lipinski definition) is 0. The largest absolute Gasteiger partial charge is 0.316 e. The van der Waals surface area contributed by atoms with Crippen LogP contribution >= 0.6 is 15.1 Å². The maximum Gasteiger partial charge on any atom is 0.316 e. The van der Waals surface area contributed by atoms with Crippen LogP contribution in [0.2, 0.25) is 0 Å². The zero-order valence-electron chi connectivity index (χ0n) is 8.32. The lowest BCUT2D eigenvalue weighted by Gasteiger charge is -2.36. The molecule has 3 heteroatoms. The summed E-state index contributed by atoms with van der Waals surface area (Å²) in [6, 6.07) is 0. The smallest absolute Gasteiger partial charge is 0.224 e. The maximum absolute atomic E-state index is 4.19. The Bertz CT molecular complexity index is 193. The van der Waals surface area contributed by atoms with Gasteiger partial charge in [-0.05, 0) is 5.92 Å². The second-order valence-corrected chi connectivity index (χ2v) is 8.33. The standard InChI is InChI=1S/C9H19NP2/c1-8-6-10(7-8)9(11(2)3)12(4)5/h8-9H,2,4,6-7H2,1,3,5H3/q+2. The van der Waals surface area contributed by atoms with E-state index in [2.05, 4.69) is 37.8 Å². The number of nitrogens with zero attached hydrogens (tertiary/aromatic N) is 1. The van der Waals surface area contributed by atoms with Gasteiger partial charge in [0.05, 0.1) is 12.6 Å². The van der Waals surface area contributed by atoms with Gasteiger partial charge >= 0.3 is 5.52 Å². The van der Waals surface area contributed by atoms with Gasteiger partial charge < -0.3 is 0 Å². The molecule has 0 aromatic heterocycles. The molecule has 0 bridgehead atoms. The first kappa shape index (κ1) is 10.4. The Morgan fingerprint density at radius 3 is 1.92 bits per heavy atom. The highest BCUT2D eigenvalue weighted by molar-refractivity contribution is 7.72. The minimum atomic E-state index is -0.0742. The Hall–Kier alpha value is 0.300. The Morgan fingerprint density at radius 1 is 1.25 bits per heavy atom. The quantitative estimate of drug-likeness (QED) is 0.636. The van der Waals surface area contributed by atoms with Gasteiger partial charge in [0.2, 0.25) is 0 Å². The molecular weight excluding hydrogens is 184 g/mol. The molecule has 2 atom stereocenters. The molecule has 1 nitrogen and oxygen atoms in total. The predicted molar refractivity (Wildman–Crippen MR) is 64.5 cm³/mol. The van der Waals surface area contributed by atoms with Gasteiger partial charge in [-0.1, -0.05) is 6.92 Å². The molecule has 1 heterocycles. The molecule has 68 valence electrons. The van der Waals surface area contributed by atoms with Crippen molar-refractivity contribution >= 4 is 27.7 Å². The van der Waals surface area contributed by atoms with Crippen LogP contribution in [0.3, 0.4) is 0 Å². The summed E-state index contributed by atoms with van der Waals surface area (Å²) >= 11 is 0. The van der Waals surface area contributed by atoms with E-state index in [1.807, 2.05) is 0 Å². The van der Waals surface area contributed by atoms with E-state index in [4.69, 9.17) is 0 Å². The third-order valence-electron chi connectivity index (χ3n) is 2.21. The molecule has 0 radical (unpaired) electrons. The monoisotopic (exact) mass is 203 g/mol. The normalized spacial score (nSPS) is 24.6. The van der Waals surface area contributed by atoms with E-state index in [0.717, 1.165) is 5.92 Å². The van der Waals surface area contributed by atoms with Crippen molar-refractivity contribution in [2.45, 2.75) is 12.4 Å². The summed E-state index contributed by atoms with van der Waals surface area (Å²) in [4.78, 5) is 2.57. The molecule has 1 rings (SSSR count). The highest BCUT2D eigenvalue weighted by Gasteiger charge is 2.41. The van der Waals surface area contributed by atoms with Crippen molar-refractivity contribution in [3.05, 3.63) is 0 Å². The summed E-state index contributed by atoms with van der Waals surface area (Å²) in [6.45, 7) is 9.40. The molecule has 0 amide bonds. The van der Waals surface area contributed by atoms with E-state index in [1.54, 1.807) is 0 Å². The van der Waals surface area contributed by atoms with Gasteiger partial charge in [0.25, 0.3) is 0 Å². The van der Waals surface area contributed by atoms with E-state index >= 15 is 0 Å². The van der Waals surface area contributed by atoms with E-state index in [1.165, 1.54) is 13.1 Å². The molecule has 1 fully saturated rings. The van der Waals surface area contributed by atoms with Gasteiger partial charge in [-0.15, -0.1) is 0 Å². The SMILES string of the molecule is C=[P+](C)C(N1CC(C)C1)[P+](=C)C. The second kappa shape index (κ2) is 4.01. The molecule has 0 aliphatic carbocycles. The van der Waals surface area contributed by atoms with Crippen LogP contribution in [0.5, 0.6) is 0 Å². The van der Waals surface area contributed by atoms with Crippen molar-refractivity contribution < 1.29 is 0 Å². The van der Waals surface area contributed by atoms with Crippen molar-refractivity contribution in [2.24, 2.45) is 5.92 Å². The van der Waals surface area contributed by atoms with Crippen LogP contribution in [-0.4, -0.2) is 49.4 Å². The number of rotatable bonds is 3. The Kier molecular flexibility index (Phi) is 3.47. The summed E-state index contributed by atoms with van der Waals surface area (Å²) in [5.41, 5.74) is 0.714. The highest BCUT2D eigenvalue weighted by atomic mass is 31.2. The lowest BCUT2D eigenvalue weighted by molar-refractivity contribution is 0.127. The summed E-state index contributed by atoms with van der Waals surface area (Å²) in [6.07, 6.45) is 8.37. The van der Waals surface area contributed by atoms with E-state index in [9.17, 15) is 0 Å². The van der Waals surface area contributed by atoms with Crippen LogP contribution in [0, 0.1) is 5.92 Å². The predicted octanol–water partition coefficient (Wildman–Crippen LogP) is 2.31.